The van der Waals surface area contributed by atoms with E-state index in [2.05, 4.69) is 32.0 Å². The van der Waals surface area contributed by atoms with Gasteiger partial charge in [0.15, 0.2) is 5.78 Å². The van der Waals surface area contributed by atoms with Gasteiger partial charge in [0.05, 0.1) is 29.8 Å². The second-order valence-corrected chi connectivity index (χ2v) is 7.83. The molecule has 4 aromatic rings. The van der Waals surface area contributed by atoms with Crippen molar-refractivity contribution in [2.24, 2.45) is 0 Å². The molecule has 6 rings (SSSR count). The third-order valence-corrected chi connectivity index (χ3v) is 5.98. The topological polar surface area (TPSA) is 86.9 Å². The van der Waals surface area contributed by atoms with E-state index in [4.69, 9.17) is 9.72 Å². The van der Waals surface area contributed by atoms with Gasteiger partial charge in [-0.05, 0) is 47.5 Å². The SMILES string of the molecule is O=C1CC=C(c2ccnc3[nH]ccc23)C=C1c1nc2ccc(N3CCOCC3)cc2[nH]1. The Hall–Kier alpha value is -3.71. The largest absolute Gasteiger partial charge is 0.378 e. The van der Waals surface area contributed by atoms with Crippen molar-refractivity contribution in [2.75, 3.05) is 31.2 Å². The van der Waals surface area contributed by atoms with Crippen molar-refractivity contribution < 1.29 is 9.53 Å². The van der Waals surface area contributed by atoms with E-state index in [1.54, 1.807) is 6.20 Å². The lowest BCUT2D eigenvalue weighted by Gasteiger charge is -2.28. The quantitative estimate of drug-likeness (QED) is 0.537. The summed E-state index contributed by atoms with van der Waals surface area (Å²) < 4.78 is 5.45. The molecule has 7 heteroatoms. The summed E-state index contributed by atoms with van der Waals surface area (Å²) in [4.78, 5) is 30.7. The summed E-state index contributed by atoms with van der Waals surface area (Å²) in [6.07, 6.45) is 7.94. The van der Waals surface area contributed by atoms with Gasteiger partial charge in [-0.1, -0.05) is 6.08 Å². The molecule has 0 spiro atoms. The van der Waals surface area contributed by atoms with Gasteiger partial charge >= 0.3 is 0 Å². The highest BCUT2D eigenvalue weighted by Gasteiger charge is 2.21. The number of aromatic nitrogens is 4. The fraction of sp³-hybridized carbons (Fsp3) is 0.208. The average molecular weight is 411 g/mol. The number of pyridine rings is 1. The van der Waals surface area contributed by atoms with Crippen molar-refractivity contribution in [3.63, 3.8) is 0 Å². The Morgan fingerprint density at radius 3 is 2.90 bits per heavy atom. The smallest absolute Gasteiger partial charge is 0.170 e. The summed E-state index contributed by atoms with van der Waals surface area (Å²) in [7, 11) is 0. The van der Waals surface area contributed by atoms with Crippen LogP contribution in [-0.2, 0) is 9.53 Å². The first kappa shape index (κ1) is 18.1. The number of hydrogen-bond donors (Lipinski definition) is 2. The van der Waals surface area contributed by atoms with Gasteiger partial charge < -0.3 is 19.6 Å². The van der Waals surface area contributed by atoms with E-state index in [0.717, 1.165) is 65.2 Å². The molecule has 1 fully saturated rings. The molecule has 0 saturated carbocycles. The highest BCUT2D eigenvalue weighted by molar-refractivity contribution is 6.24. The maximum absolute atomic E-state index is 12.8. The first-order chi connectivity index (χ1) is 15.3. The molecule has 0 radical (unpaired) electrons. The molecule has 0 unspecified atom stereocenters. The normalized spacial score (nSPS) is 17.3. The number of ketones is 1. The number of hydrogen-bond acceptors (Lipinski definition) is 5. The molecular formula is C24H21N5O2. The van der Waals surface area contributed by atoms with Gasteiger partial charge in [0.2, 0.25) is 0 Å². The van der Waals surface area contributed by atoms with Crippen molar-refractivity contribution >= 4 is 44.7 Å². The second kappa shape index (κ2) is 7.21. The van der Waals surface area contributed by atoms with Gasteiger partial charge in [0, 0.05) is 43.0 Å². The lowest BCUT2D eigenvalue weighted by atomic mass is 9.92. The highest BCUT2D eigenvalue weighted by Crippen LogP contribution is 2.32. The summed E-state index contributed by atoms with van der Waals surface area (Å²) in [5.41, 5.74) is 6.45. The van der Waals surface area contributed by atoms with Crippen LogP contribution in [0.1, 0.15) is 17.8 Å². The fourth-order valence-corrected chi connectivity index (χ4v) is 4.35. The minimum Gasteiger partial charge on any atom is -0.378 e. The summed E-state index contributed by atoms with van der Waals surface area (Å²) >= 11 is 0. The monoisotopic (exact) mass is 411 g/mol. The van der Waals surface area contributed by atoms with Crippen LogP contribution < -0.4 is 4.90 Å². The van der Waals surface area contributed by atoms with Gasteiger partial charge in [0.25, 0.3) is 0 Å². The number of H-pyrrole nitrogens is 2. The van der Waals surface area contributed by atoms with Crippen molar-refractivity contribution in [1.82, 2.24) is 19.9 Å². The Morgan fingerprint density at radius 1 is 1.10 bits per heavy atom. The predicted octanol–water partition coefficient (Wildman–Crippen LogP) is 3.72. The van der Waals surface area contributed by atoms with Gasteiger partial charge in [0.1, 0.15) is 11.5 Å². The Labute approximate surface area is 178 Å². The molecule has 4 heterocycles. The van der Waals surface area contributed by atoms with E-state index in [1.165, 1.54) is 0 Å². The van der Waals surface area contributed by atoms with Gasteiger partial charge in [-0.3, -0.25) is 4.79 Å². The number of carbonyl (C=O) groups excluding carboxylic acids is 1. The molecule has 1 saturated heterocycles. The Morgan fingerprint density at radius 2 is 2.00 bits per heavy atom. The summed E-state index contributed by atoms with van der Waals surface area (Å²) in [5, 5.41) is 1.04. The number of rotatable bonds is 3. The van der Waals surface area contributed by atoms with E-state index in [9.17, 15) is 4.79 Å². The zero-order chi connectivity index (χ0) is 20.8. The molecule has 2 N–H and O–H groups in total. The van der Waals surface area contributed by atoms with Crippen molar-refractivity contribution in [2.45, 2.75) is 6.42 Å². The minimum atomic E-state index is 0.0653. The van der Waals surface area contributed by atoms with Crippen LogP contribution >= 0.6 is 0 Å². The van der Waals surface area contributed by atoms with Crippen molar-refractivity contribution in [3.05, 3.63) is 66.3 Å². The molecule has 7 nitrogen and oxygen atoms in total. The molecule has 154 valence electrons. The Bertz CT molecular complexity index is 1370. The minimum absolute atomic E-state index is 0.0653. The summed E-state index contributed by atoms with van der Waals surface area (Å²) in [6, 6.07) is 10.2. The Kier molecular flexibility index (Phi) is 4.21. The van der Waals surface area contributed by atoms with E-state index in [-0.39, 0.29) is 5.78 Å². The molecule has 1 aliphatic heterocycles. The summed E-state index contributed by atoms with van der Waals surface area (Å²) in [5.74, 6) is 0.680. The number of allylic oxidation sites excluding steroid dienone is 4. The molecule has 1 aliphatic carbocycles. The molecule has 0 amide bonds. The fourth-order valence-electron chi connectivity index (χ4n) is 4.35. The first-order valence-corrected chi connectivity index (χ1v) is 10.5. The number of anilines is 1. The molecule has 31 heavy (non-hydrogen) atoms. The number of morpholine rings is 1. The van der Waals surface area contributed by atoms with Crippen LogP contribution in [0.15, 0.2) is 54.9 Å². The van der Waals surface area contributed by atoms with Crippen molar-refractivity contribution in [1.29, 1.82) is 0 Å². The number of ether oxygens (including phenoxy) is 1. The molecule has 3 aromatic heterocycles. The number of nitrogens with one attached hydrogen (secondary N) is 2. The zero-order valence-electron chi connectivity index (χ0n) is 16.9. The lowest BCUT2D eigenvalue weighted by molar-refractivity contribution is -0.113. The van der Waals surface area contributed by atoms with Crippen LogP contribution in [0.25, 0.3) is 33.2 Å². The number of Topliss-reactive ketones (excluding diaryl/α,β-unsaturated/α-hetero) is 1. The maximum atomic E-state index is 12.8. The third kappa shape index (κ3) is 3.14. The molecule has 2 aliphatic rings. The number of fused-ring (bicyclic) bond motifs is 2. The highest BCUT2D eigenvalue weighted by atomic mass is 16.5. The van der Waals surface area contributed by atoms with Crippen LogP contribution in [0.4, 0.5) is 5.69 Å². The molecule has 0 atom stereocenters. The number of aromatic amines is 2. The Balaban J connectivity index is 1.39. The van der Waals surface area contributed by atoms with E-state index in [1.807, 2.05) is 36.5 Å². The third-order valence-electron chi connectivity index (χ3n) is 5.98. The van der Waals surface area contributed by atoms with Crippen LogP contribution in [0.5, 0.6) is 0 Å². The van der Waals surface area contributed by atoms with E-state index < -0.39 is 0 Å². The van der Waals surface area contributed by atoms with Crippen LogP contribution in [0.2, 0.25) is 0 Å². The van der Waals surface area contributed by atoms with E-state index >= 15 is 0 Å². The average Bonchev–Trinajstić information content (AvgIpc) is 3.46. The van der Waals surface area contributed by atoms with Gasteiger partial charge in [-0.2, -0.15) is 0 Å². The zero-order valence-corrected chi connectivity index (χ0v) is 16.9. The number of carbonyl (C=O) groups is 1. The predicted molar refractivity (Wildman–Crippen MR) is 121 cm³/mol. The number of imidazole rings is 1. The van der Waals surface area contributed by atoms with Crippen LogP contribution in [0, 0.1) is 0 Å². The molecule has 1 aromatic carbocycles. The standard InChI is InChI=1S/C24H21N5O2/c30-22-4-1-15(17-5-7-25-23-18(17)6-8-26-23)13-19(22)24-27-20-3-2-16(14-21(20)28-24)29-9-11-31-12-10-29/h1-3,5-8,13-14H,4,9-12H2,(H,25,26)(H,27,28). The number of benzene rings is 1. The van der Waals surface area contributed by atoms with Crippen LogP contribution in [-0.4, -0.2) is 52.0 Å². The molecular weight excluding hydrogens is 390 g/mol. The lowest BCUT2D eigenvalue weighted by Crippen LogP contribution is -2.36. The van der Waals surface area contributed by atoms with Crippen molar-refractivity contribution in [3.8, 4) is 0 Å². The van der Waals surface area contributed by atoms with E-state index in [0.29, 0.717) is 17.8 Å². The van der Waals surface area contributed by atoms with Crippen LogP contribution in [0.3, 0.4) is 0 Å². The second-order valence-electron chi connectivity index (χ2n) is 7.83. The first-order valence-electron chi connectivity index (χ1n) is 10.5. The van der Waals surface area contributed by atoms with Gasteiger partial charge in [-0.15, -0.1) is 0 Å². The van der Waals surface area contributed by atoms with Gasteiger partial charge in [-0.25, -0.2) is 9.97 Å². The summed E-state index contributed by atoms with van der Waals surface area (Å²) in [6.45, 7) is 3.24. The number of nitrogens with zero attached hydrogens (tertiary/aromatic N) is 3. The molecule has 0 bridgehead atoms. The maximum Gasteiger partial charge on any atom is 0.170 e.